The Kier molecular flexibility index (Phi) is 25.8. The molecule has 0 radical (unpaired) electrons. The van der Waals surface area contributed by atoms with Gasteiger partial charge in [-0.3, -0.25) is 0 Å². The van der Waals surface area contributed by atoms with Gasteiger partial charge in [0.1, 0.15) is 0 Å². The van der Waals surface area contributed by atoms with E-state index in [1.165, 1.54) is 63.9 Å². The Bertz CT molecular complexity index is 164. The highest BCUT2D eigenvalue weighted by molar-refractivity contribution is 8.70. The first-order valence-electron chi connectivity index (χ1n) is 7.05. The Hall–Kier alpha value is 2.80. The fraction of sp³-hybridized carbons (Fsp3) is 1.00. The lowest BCUT2D eigenvalue weighted by atomic mass is 10.6. The lowest BCUT2D eigenvalue weighted by molar-refractivity contribution is 1.12. The molecular weight excluding hydrogens is 413 g/mol. The fourth-order valence-electron chi connectivity index (χ4n) is 1.28. The smallest absolute Gasteiger partial charge is 0.0493 e. The molecule has 0 aliphatic heterocycles. The van der Waals surface area contributed by atoms with Gasteiger partial charge < -0.3 is 0 Å². The van der Waals surface area contributed by atoms with Crippen LogP contribution in [0.2, 0.25) is 0 Å². The zero-order chi connectivity index (χ0) is 15.4. The van der Waals surface area contributed by atoms with Crippen LogP contribution in [0, 0.1) is 0 Å². The average molecular weight is 441 g/mol. The van der Waals surface area contributed by atoms with Gasteiger partial charge in [-0.05, 0) is 60.0 Å². The number of hydrogen-bond acceptors (Lipinski definition) is 8. The van der Waals surface area contributed by atoms with E-state index in [-0.39, 0.29) is 0 Å². The number of rotatable bonds is 18. The van der Waals surface area contributed by atoms with E-state index < -0.39 is 0 Å². The third-order valence-corrected chi connectivity index (χ3v) is 10.5. The van der Waals surface area contributed by atoms with Crippen LogP contribution in [0.15, 0.2) is 0 Å². The highest BCUT2D eigenvalue weighted by Crippen LogP contribution is 2.19. The largest absolute Gasteiger partial charge is 0.165 e. The van der Waals surface area contributed by atoms with Crippen LogP contribution in [-0.2, 0) is 0 Å². The van der Waals surface area contributed by atoms with Crippen molar-refractivity contribution in [1.29, 1.82) is 0 Å². The molecule has 0 fully saturated rings. The van der Waals surface area contributed by atoms with Crippen molar-refractivity contribution in [2.24, 2.45) is 0 Å². The van der Waals surface area contributed by atoms with Crippen molar-refractivity contribution in [2.75, 3.05) is 56.0 Å². The monoisotopic (exact) mass is 440 g/mol. The van der Waals surface area contributed by atoms with Gasteiger partial charge in [0.2, 0.25) is 0 Å². The summed E-state index contributed by atoms with van der Waals surface area (Å²) in [6, 6.07) is 0. The summed E-state index contributed by atoms with van der Waals surface area (Å²) in [5.74, 6) is 7.94. The number of hydrogen-bond donors (Lipinski definition) is 1. The normalized spacial score (nSPS) is 11.1. The summed E-state index contributed by atoms with van der Waals surface area (Å²) in [4.78, 5) is 0. The SMILES string of the molecule is CSCCCSCSCCCSCSCCCSCSS. The molecule has 0 aromatic carbocycles. The number of thioether (sulfide) groups is 6. The zero-order valence-electron chi connectivity index (χ0n) is 12.8. The molecule has 0 atom stereocenters. The van der Waals surface area contributed by atoms with Crippen LogP contribution in [-0.4, -0.2) is 56.0 Å². The molecule has 128 valence electrons. The quantitative estimate of drug-likeness (QED) is 0.108. The molecule has 8 heteroatoms. The van der Waals surface area contributed by atoms with Crippen LogP contribution in [0.25, 0.3) is 0 Å². The van der Waals surface area contributed by atoms with Crippen molar-refractivity contribution in [3.63, 3.8) is 0 Å². The molecule has 0 amide bonds. The standard InChI is InChI=1S/C13H28S8/c1-15-5-2-6-16-11-17-7-3-8-18-12-19-9-4-10-20-13-21-14/h14H,2-13H2,1H3. The molecule has 0 N–H and O–H groups in total. The number of thiol groups is 1. The molecule has 0 aliphatic carbocycles. The van der Waals surface area contributed by atoms with E-state index in [4.69, 9.17) is 0 Å². The maximum Gasteiger partial charge on any atom is 0.0493 e. The van der Waals surface area contributed by atoms with Crippen LogP contribution >= 0.6 is 93.0 Å². The van der Waals surface area contributed by atoms with E-state index in [1.54, 1.807) is 10.8 Å². The van der Waals surface area contributed by atoms with E-state index in [2.05, 4.69) is 65.0 Å². The van der Waals surface area contributed by atoms with Crippen molar-refractivity contribution in [1.82, 2.24) is 0 Å². The molecule has 0 rings (SSSR count). The Balaban J connectivity index is 2.90. The summed E-state index contributed by atoms with van der Waals surface area (Å²) < 4.78 is 0. The predicted octanol–water partition coefficient (Wildman–Crippen LogP) is 6.64. The minimum Gasteiger partial charge on any atom is -0.165 e. The minimum absolute atomic E-state index is 1.12. The summed E-state index contributed by atoms with van der Waals surface area (Å²) in [5.41, 5.74) is 0. The third-order valence-electron chi connectivity index (χ3n) is 2.26. The highest BCUT2D eigenvalue weighted by atomic mass is 33.1. The predicted molar refractivity (Wildman–Crippen MR) is 126 cm³/mol. The zero-order valence-corrected chi connectivity index (χ0v) is 19.4. The molecule has 0 heterocycles. The third kappa shape index (κ3) is 22.8. The van der Waals surface area contributed by atoms with Gasteiger partial charge >= 0.3 is 0 Å². The maximum absolute atomic E-state index is 4.14. The highest BCUT2D eigenvalue weighted by Gasteiger charge is 1.95. The van der Waals surface area contributed by atoms with Crippen LogP contribution in [0.5, 0.6) is 0 Å². The van der Waals surface area contributed by atoms with Crippen LogP contribution in [0.1, 0.15) is 19.3 Å². The second-order valence-electron chi connectivity index (χ2n) is 4.08. The summed E-state index contributed by atoms with van der Waals surface area (Å²) >= 11 is 16.5. The van der Waals surface area contributed by atoms with Crippen molar-refractivity contribution in [2.45, 2.75) is 19.3 Å². The first-order valence-corrected chi connectivity index (χ1v) is 16.3. The van der Waals surface area contributed by atoms with Crippen LogP contribution in [0.3, 0.4) is 0 Å². The summed E-state index contributed by atoms with van der Waals surface area (Å²) in [5, 5.41) is 3.69. The van der Waals surface area contributed by atoms with Crippen molar-refractivity contribution in [3.05, 3.63) is 0 Å². The van der Waals surface area contributed by atoms with Gasteiger partial charge in [0.15, 0.2) is 0 Å². The topological polar surface area (TPSA) is 0 Å². The first-order chi connectivity index (χ1) is 10.4. The Morgan fingerprint density at radius 3 is 1.33 bits per heavy atom. The van der Waals surface area contributed by atoms with Crippen LogP contribution in [0.4, 0.5) is 0 Å². The van der Waals surface area contributed by atoms with Gasteiger partial charge in [0.05, 0.1) is 0 Å². The van der Waals surface area contributed by atoms with E-state index in [0.717, 1.165) is 5.08 Å². The van der Waals surface area contributed by atoms with E-state index in [9.17, 15) is 0 Å². The first kappa shape index (κ1) is 23.8. The summed E-state index contributed by atoms with van der Waals surface area (Å²) in [6.45, 7) is 0. The maximum atomic E-state index is 4.14. The van der Waals surface area contributed by atoms with E-state index >= 15 is 0 Å². The van der Waals surface area contributed by atoms with Gasteiger partial charge in [0.25, 0.3) is 0 Å². The Morgan fingerprint density at radius 2 is 0.952 bits per heavy atom. The Labute approximate surface area is 167 Å². The average Bonchev–Trinajstić information content (AvgIpc) is 2.50. The van der Waals surface area contributed by atoms with Gasteiger partial charge in [-0.2, -0.15) is 70.6 Å². The molecule has 0 spiro atoms. The lowest BCUT2D eigenvalue weighted by Crippen LogP contribution is -1.88. The molecule has 0 aliphatic rings. The van der Waals surface area contributed by atoms with Crippen molar-refractivity contribution < 1.29 is 0 Å². The van der Waals surface area contributed by atoms with Crippen LogP contribution < -0.4 is 0 Å². The molecule has 0 saturated heterocycles. The minimum atomic E-state index is 1.12. The van der Waals surface area contributed by atoms with Gasteiger partial charge in [-0.15, -0.1) is 11.7 Å². The molecule has 0 unspecified atom stereocenters. The molecule has 0 saturated carbocycles. The second kappa shape index (κ2) is 22.8. The molecule has 0 aromatic heterocycles. The van der Waals surface area contributed by atoms with E-state index in [1.807, 2.05) is 23.5 Å². The summed E-state index contributed by atoms with van der Waals surface area (Å²) in [7, 11) is 1.63. The second-order valence-corrected chi connectivity index (χ2v) is 13.0. The Morgan fingerprint density at radius 1 is 0.571 bits per heavy atom. The lowest BCUT2D eigenvalue weighted by Gasteiger charge is -2.03. The summed E-state index contributed by atoms with van der Waals surface area (Å²) in [6.07, 6.45) is 6.27. The molecular formula is C13H28S8. The van der Waals surface area contributed by atoms with Gasteiger partial charge in [0, 0.05) is 15.3 Å². The van der Waals surface area contributed by atoms with Gasteiger partial charge in [-0.1, -0.05) is 10.8 Å². The fourth-order valence-corrected chi connectivity index (χ4v) is 8.27. The van der Waals surface area contributed by atoms with Crippen molar-refractivity contribution in [3.8, 4) is 0 Å². The van der Waals surface area contributed by atoms with Gasteiger partial charge in [-0.25, -0.2) is 0 Å². The molecule has 0 nitrogen and oxygen atoms in total. The molecule has 0 aromatic rings. The van der Waals surface area contributed by atoms with E-state index in [0.29, 0.717) is 0 Å². The molecule has 0 bridgehead atoms. The molecule has 21 heavy (non-hydrogen) atoms. The van der Waals surface area contributed by atoms with Crippen molar-refractivity contribution >= 4 is 93.0 Å².